The van der Waals surface area contributed by atoms with Crippen molar-refractivity contribution in [2.75, 3.05) is 11.1 Å². The number of nitrogens with zero attached hydrogens (tertiary/aromatic N) is 1. The number of carbonyl (C=O) groups excluding carboxylic acids is 1. The second-order valence-corrected chi connectivity index (χ2v) is 6.16. The molecule has 1 heterocycles. The first kappa shape index (κ1) is 15.0. The summed E-state index contributed by atoms with van der Waals surface area (Å²) >= 11 is 3.04. The van der Waals surface area contributed by atoms with Crippen LogP contribution in [0.1, 0.15) is 24.3 Å². The van der Waals surface area contributed by atoms with Gasteiger partial charge in [-0.15, -0.1) is 11.3 Å². The van der Waals surface area contributed by atoms with Crippen LogP contribution in [-0.2, 0) is 10.5 Å². The van der Waals surface area contributed by atoms with E-state index in [0.717, 1.165) is 17.0 Å². The summed E-state index contributed by atoms with van der Waals surface area (Å²) < 4.78 is 0. The number of hydrogen-bond donors (Lipinski definition) is 2. The molecule has 6 heteroatoms. The molecule has 1 atom stereocenters. The number of hydrogen-bond acceptors (Lipinski definition) is 5. The van der Waals surface area contributed by atoms with Crippen LogP contribution in [0.2, 0.25) is 0 Å². The molecule has 0 unspecified atom stereocenters. The lowest BCUT2D eigenvalue weighted by Crippen LogP contribution is -2.05. The first-order valence-corrected chi connectivity index (χ1v) is 8.21. The molecule has 2 aromatic rings. The molecule has 2 N–H and O–H groups in total. The third-order valence-corrected chi connectivity index (χ3v) is 4.40. The molecule has 4 nitrogen and oxygen atoms in total. The molecule has 1 aromatic carbocycles. The van der Waals surface area contributed by atoms with Crippen molar-refractivity contribution in [3.63, 3.8) is 0 Å². The molecule has 1 aromatic heterocycles. The Morgan fingerprint density at radius 3 is 2.90 bits per heavy atom. The predicted molar refractivity (Wildman–Crippen MR) is 84.0 cm³/mol. The fourth-order valence-electron chi connectivity index (χ4n) is 1.63. The SMILES string of the molecule is CC(=O)Nc1nc(CSC[C@H](O)c2ccccc2)cs1. The van der Waals surface area contributed by atoms with E-state index >= 15 is 0 Å². The molecule has 2 rings (SSSR count). The highest BCUT2D eigenvalue weighted by molar-refractivity contribution is 7.98. The molecule has 0 aliphatic carbocycles. The van der Waals surface area contributed by atoms with Crippen molar-refractivity contribution in [1.29, 1.82) is 0 Å². The van der Waals surface area contributed by atoms with Crippen molar-refractivity contribution in [2.24, 2.45) is 0 Å². The molecule has 0 saturated heterocycles. The Morgan fingerprint density at radius 2 is 2.20 bits per heavy atom. The van der Waals surface area contributed by atoms with Crippen LogP contribution in [0.15, 0.2) is 35.7 Å². The number of amides is 1. The van der Waals surface area contributed by atoms with Gasteiger partial charge in [-0.25, -0.2) is 4.98 Å². The molecule has 0 fully saturated rings. The minimum Gasteiger partial charge on any atom is -0.388 e. The van der Waals surface area contributed by atoms with Crippen molar-refractivity contribution in [2.45, 2.75) is 18.8 Å². The Bertz CT molecular complexity index is 557. The number of thiazole rings is 1. The van der Waals surface area contributed by atoms with Crippen LogP contribution >= 0.6 is 23.1 Å². The predicted octanol–water partition coefficient (Wildman–Crippen LogP) is 3.07. The molecule has 1 amide bonds. The second kappa shape index (κ2) is 7.42. The molecular weight excluding hydrogens is 292 g/mol. The average molecular weight is 308 g/mol. The van der Waals surface area contributed by atoms with Gasteiger partial charge in [-0.1, -0.05) is 30.3 Å². The first-order valence-electron chi connectivity index (χ1n) is 6.18. The number of carbonyl (C=O) groups is 1. The monoisotopic (exact) mass is 308 g/mol. The minimum atomic E-state index is -0.463. The van der Waals surface area contributed by atoms with Crippen molar-refractivity contribution in [3.05, 3.63) is 47.0 Å². The molecule has 20 heavy (non-hydrogen) atoms. The third kappa shape index (κ3) is 4.63. The zero-order chi connectivity index (χ0) is 14.4. The maximum absolute atomic E-state index is 10.9. The Balaban J connectivity index is 1.78. The quantitative estimate of drug-likeness (QED) is 0.861. The van der Waals surface area contributed by atoms with Crippen LogP contribution in [0, 0.1) is 0 Å². The van der Waals surface area contributed by atoms with E-state index in [9.17, 15) is 9.90 Å². The number of aliphatic hydroxyl groups excluding tert-OH is 1. The Kier molecular flexibility index (Phi) is 5.58. The van der Waals surface area contributed by atoms with Gasteiger partial charge in [0.05, 0.1) is 11.8 Å². The van der Waals surface area contributed by atoms with E-state index in [4.69, 9.17) is 0 Å². The number of nitrogens with one attached hydrogen (secondary N) is 1. The lowest BCUT2D eigenvalue weighted by molar-refractivity contribution is -0.114. The van der Waals surface area contributed by atoms with Crippen LogP contribution < -0.4 is 5.32 Å². The highest BCUT2D eigenvalue weighted by Crippen LogP contribution is 2.23. The third-order valence-electron chi connectivity index (χ3n) is 2.54. The van der Waals surface area contributed by atoms with E-state index in [1.807, 2.05) is 35.7 Å². The van der Waals surface area contributed by atoms with Gasteiger partial charge in [0.25, 0.3) is 0 Å². The minimum absolute atomic E-state index is 0.113. The van der Waals surface area contributed by atoms with Gasteiger partial charge >= 0.3 is 0 Å². The normalized spacial score (nSPS) is 12.1. The van der Waals surface area contributed by atoms with E-state index in [1.54, 1.807) is 11.8 Å². The fraction of sp³-hybridized carbons (Fsp3) is 0.286. The van der Waals surface area contributed by atoms with E-state index < -0.39 is 6.10 Å². The maximum Gasteiger partial charge on any atom is 0.223 e. The van der Waals surface area contributed by atoms with Gasteiger partial charge in [-0.05, 0) is 5.56 Å². The molecule has 0 aliphatic heterocycles. The summed E-state index contributed by atoms with van der Waals surface area (Å²) in [5, 5.41) is 15.2. The fourth-order valence-corrected chi connectivity index (χ4v) is 3.38. The molecule has 0 spiro atoms. The highest BCUT2D eigenvalue weighted by atomic mass is 32.2. The van der Waals surface area contributed by atoms with Crippen molar-refractivity contribution in [3.8, 4) is 0 Å². The lowest BCUT2D eigenvalue weighted by atomic mass is 10.1. The van der Waals surface area contributed by atoms with Crippen molar-refractivity contribution in [1.82, 2.24) is 4.98 Å². The summed E-state index contributed by atoms with van der Waals surface area (Å²) in [6.45, 7) is 1.46. The Morgan fingerprint density at radius 1 is 1.45 bits per heavy atom. The number of anilines is 1. The van der Waals surface area contributed by atoms with Crippen LogP contribution in [0.25, 0.3) is 0 Å². The zero-order valence-electron chi connectivity index (χ0n) is 11.1. The topological polar surface area (TPSA) is 62.2 Å². The average Bonchev–Trinajstić information content (AvgIpc) is 2.86. The van der Waals surface area contributed by atoms with E-state index in [0.29, 0.717) is 10.9 Å². The molecule has 0 aliphatic rings. The molecule has 0 bridgehead atoms. The standard InChI is InChI=1S/C14H16N2O2S2/c1-10(17)15-14-16-12(8-20-14)7-19-9-13(18)11-5-3-2-4-6-11/h2-6,8,13,18H,7,9H2,1H3,(H,15,16,17)/t13-/m0/s1. The van der Waals surface area contributed by atoms with Crippen LogP contribution in [-0.4, -0.2) is 21.8 Å². The van der Waals surface area contributed by atoms with Gasteiger partial charge in [-0.3, -0.25) is 4.79 Å². The number of aliphatic hydroxyl groups is 1. The second-order valence-electron chi connectivity index (χ2n) is 4.27. The number of thioether (sulfide) groups is 1. The van der Waals surface area contributed by atoms with Crippen molar-refractivity contribution >= 4 is 34.1 Å². The summed E-state index contributed by atoms with van der Waals surface area (Å²) in [7, 11) is 0. The van der Waals surface area contributed by atoms with E-state index in [-0.39, 0.29) is 5.91 Å². The van der Waals surface area contributed by atoms with Crippen LogP contribution in [0.3, 0.4) is 0 Å². The van der Waals surface area contributed by atoms with Crippen LogP contribution in [0.4, 0.5) is 5.13 Å². The number of benzene rings is 1. The number of rotatable bonds is 6. The van der Waals surface area contributed by atoms with Gasteiger partial charge in [0.1, 0.15) is 0 Å². The summed E-state index contributed by atoms with van der Waals surface area (Å²) in [6, 6.07) is 9.61. The smallest absolute Gasteiger partial charge is 0.223 e. The lowest BCUT2D eigenvalue weighted by Gasteiger charge is -2.09. The maximum atomic E-state index is 10.9. The van der Waals surface area contributed by atoms with Crippen LogP contribution in [0.5, 0.6) is 0 Å². The molecule has 106 valence electrons. The highest BCUT2D eigenvalue weighted by Gasteiger charge is 2.08. The van der Waals surface area contributed by atoms with Gasteiger partial charge in [0.15, 0.2) is 5.13 Å². The van der Waals surface area contributed by atoms with E-state index in [1.165, 1.54) is 18.3 Å². The summed E-state index contributed by atoms with van der Waals surface area (Å²) in [5.41, 5.74) is 1.85. The Labute approximate surface area is 126 Å². The first-order chi connectivity index (χ1) is 9.65. The molecular formula is C14H16N2O2S2. The molecule has 0 saturated carbocycles. The summed E-state index contributed by atoms with van der Waals surface area (Å²) in [5.74, 6) is 1.23. The van der Waals surface area contributed by atoms with Gasteiger partial charge in [0, 0.05) is 23.8 Å². The van der Waals surface area contributed by atoms with Crippen molar-refractivity contribution < 1.29 is 9.90 Å². The molecule has 0 radical (unpaired) electrons. The largest absolute Gasteiger partial charge is 0.388 e. The Hall–Kier alpha value is -1.37. The number of aromatic nitrogens is 1. The van der Waals surface area contributed by atoms with Gasteiger partial charge in [0.2, 0.25) is 5.91 Å². The van der Waals surface area contributed by atoms with Gasteiger partial charge < -0.3 is 10.4 Å². The van der Waals surface area contributed by atoms with E-state index in [2.05, 4.69) is 10.3 Å². The zero-order valence-corrected chi connectivity index (χ0v) is 12.7. The summed E-state index contributed by atoms with van der Waals surface area (Å²) in [6.07, 6.45) is -0.463. The summed E-state index contributed by atoms with van der Waals surface area (Å²) in [4.78, 5) is 15.2. The van der Waals surface area contributed by atoms with Gasteiger partial charge in [-0.2, -0.15) is 11.8 Å².